The summed E-state index contributed by atoms with van der Waals surface area (Å²) >= 11 is 0. The highest BCUT2D eigenvalue weighted by molar-refractivity contribution is 5.93. The Labute approximate surface area is 101 Å². The Hall–Kier alpha value is -1.13. The number of fused-ring (bicyclic) bond motifs is 1. The predicted octanol–water partition coefficient (Wildman–Crippen LogP) is 0.792. The van der Waals surface area contributed by atoms with Gasteiger partial charge in [-0.25, -0.2) is 4.79 Å². The van der Waals surface area contributed by atoms with Crippen LogP contribution in [-0.4, -0.2) is 34.0 Å². The molecular weight excluding hydrogens is 220 g/mol. The molecule has 1 aliphatic heterocycles. The standard InChI is InChI=1S/C13H18O4/c1-4-7(2)11(14)9-5-6-10-13(9,16)8(3)12(15)17-10/h4,7,9-11,14,16H,1,3,5-6H2,2H3/t7-,9-,10-,11+,13-/m1/s1. The number of hydrogen-bond acceptors (Lipinski definition) is 4. The first-order chi connectivity index (χ1) is 7.92. The van der Waals surface area contributed by atoms with Crippen LogP contribution in [0.5, 0.6) is 0 Å². The van der Waals surface area contributed by atoms with Gasteiger partial charge >= 0.3 is 5.97 Å². The Balaban J connectivity index is 2.29. The highest BCUT2D eigenvalue weighted by Crippen LogP contribution is 2.49. The third kappa shape index (κ3) is 1.55. The van der Waals surface area contributed by atoms with Crippen molar-refractivity contribution in [2.75, 3.05) is 0 Å². The molecule has 1 heterocycles. The zero-order valence-electron chi connectivity index (χ0n) is 9.93. The van der Waals surface area contributed by atoms with Gasteiger partial charge in [0.15, 0.2) is 0 Å². The van der Waals surface area contributed by atoms with Crippen LogP contribution < -0.4 is 0 Å². The van der Waals surface area contributed by atoms with Gasteiger partial charge in [-0.3, -0.25) is 0 Å². The van der Waals surface area contributed by atoms with Crippen molar-refractivity contribution in [2.24, 2.45) is 11.8 Å². The first kappa shape index (κ1) is 12.3. The molecule has 2 N–H and O–H groups in total. The van der Waals surface area contributed by atoms with E-state index in [2.05, 4.69) is 13.2 Å². The summed E-state index contributed by atoms with van der Waals surface area (Å²) in [5.74, 6) is -1.12. The van der Waals surface area contributed by atoms with Crippen LogP contribution in [-0.2, 0) is 9.53 Å². The quantitative estimate of drug-likeness (QED) is 0.433. The maximum absolute atomic E-state index is 11.4. The molecule has 0 aromatic rings. The van der Waals surface area contributed by atoms with Crippen LogP contribution >= 0.6 is 0 Å². The average molecular weight is 238 g/mol. The molecule has 1 saturated carbocycles. The fourth-order valence-corrected chi connectivity index (χ4v) is 2.88. The Morgan fingerprint density at radius 1 is 1.59 bits per heavy atom. The summed E-state index contributed by atoms with van der Waals surface area (Å²) in [6.07, 6.45) is 1.52. The van der Waals surface area contributed by atoms with E-state index >= 15 is 0 Å². The molecule has 4 heteroatoms. The van der Waals surface area contributed by atoms with Gasteiger partial charge in [-0.2, -0.15) is 0 Å². The minimum absolute atomic E-state index is 0.0697. The third-order valence-electron chi connectivity index (χ3n) is 4.10. The topological polar surface area (TPSA) is 66.8 Å². The normalized spacial score (nSPS) is 39.7. The first-order valence-corrected chi connectivity index (χ1v) is 5.86. The molecule has 94 valence electrons. The Morgan fingerprint density at radius 2 is 2.24 bits per heavy atom. The lowest BCUT2D eigenvalue weighted by molar-refractivity contribution is -0.141. The largest absolute Gasteiger partial charge is 0.455 e. The summed E-state index contributed by atoms with van der Waals surface area (Å²) < 4.78 is 5.07. The molecule has 0 aromatic heterocycles. The van der Waals surface area contributed by atoms with Crippen molar-refractivity contribution in [3.05, 3.63) is 24.8 Å². The van der Waals surface area contributed by atoms with Crippen molar-refractivity contribution in [1.82, 2.24) is 0 Å². The maximum Gasteiger partial charge on any atom is 0.336 e. The second-order valence-corrected chi connectivity index (χ2v) is 4.97. The van der Waals surface area contributed by atoms with Gasteiger partial charge in [-0.15, -0.1) is 6.58 Å². The van der Waals surface area contributed by atoms with Crippen LogP contribution in [0.2, 0.25) is 0 Å². The molecule has 1 aliphatic carbocycles. The summed E-state index contributed by atoms with van der Waals surface area (Å²) in [5.41, 5.74) is -1.34. The van der Waals surface area contributed by atoms with Crippen LogP contribution in [0.25, 0.3) is 0 Å². The molecule has 17 heavy (non-hydrogen) atoms. The van der Waals surface area contributed by atoms with Crippen molar-refractivity contribution in [1.29, 1.82) is 0 Å². The van der Waals surface area contributed by atoms with Gasteiger partial charge in [0.05, 0.1) is 11.7 Å². The molecule has 2 fully saturated rings. The molecule has 0 aromatic carbocycles. The number of carbonyl (C=O) groups is 1. The second-order valence-electron chi connectivity index (χ2n) is 4.97. The van der Waals surface area contributed by atoms with Gasteiger partial charge in [0.25, 0.3) is 0 Å². The van der Waals surface area contributed by atoms with Crippen molar-refractivity contribution < 1.29 is 19.7 Å². The van der Waals surface area contributed by atoms with E-state index < -0.39 is 29.7 Å². The molecule has 1 saturated heterocycles. The number of esters is 1. The zero-order valence-corrected chi connectivity index (χ0v) is 9.93. The van der Waals surface area contributed by atoms with Crippen molar-refractivity contribution in [2.45, 2.75) is 37.6 Å². The Morgan fingerprint density at radius 3 is 2.82 bits per heavy atom. The summed E-state index contributed by atoms with van der Waals surface area (Å²) in [5, 5.41) is 20.8. The van der Waals surface area contributed by atoms with E-state index in [9.17, 15) is 15.0 Å². The number of rotatable bonds is 3. The molecule has 0 radical (unpaired) electrons. The van der Waals surface area contributed by atoms with Crippen molar-refractivity contribution in [3.63, 3.8) is 0 Å². The molecule has 4 nitrogen and oxygen atoms in total. The lowest BCUT2D eigenvalue weighted by atomic mass is 9.78. The van der Waals surface area contributed by atoms with Gasteiger partial charge in [0.2, 0.25) is 0 Å². The van der Waals surface area contributed by atoms with E-state index in [0.717, 1.165) is 0 Å². The molecule has 2 aliphatic rings. The zero-order chi connectivity index (χ0) is 12.8. The SMILES string of the molecule is C=C[C@@H](C)[C@H](O)[C@H]1CC[C@H]2OC(=O)C(=C)[C@@]12O. The molecule has 0 unspecified atom stereocenters. The van der Waals surface area contributed by atoms with Crippen LogP contribution in [0.1, 0.15) is 19.8 Å². The van der Waals surface area contributed by atoms with E-state index in [1.807, 2.05) is 6.92 Å². The third-order valence-corrected chi connectivity index (χ3v) is 4.10. The number of ether oxygens (including phenoxy) is 1. The maximum atomic E-state index is 11.4. The highest BCUT2D eigenvalue weighted by atomic mass is 16.6. The highest BCUT2D eigenvalue weighted by Gasteiger charge is 2.61. The minimum atomic E-state index is -1.41. The van der Waals surface area contributed by atoms with Crippen LogP contribution in [0.4, 0.5) is 0 Å². The molecule has 5 atom stereocenters. The van der Waals surface area contributed by atoms with Crippen molar-refractivity contribution >= 4 is 5.97 Å². The Kier molecular flexibility index (Phi) is 2.87. The molecule has 0 spiro atoms. The number of aliphatic hydroxyl groups excluding tert-OH is 1. The predicted molar refractivity (Wildman–Crippen MR) is 62.1 cm³/mol. The first-order valence-electron chi connectivity index (χ1n) is 5.86. The lowest BCUT2D eigenvalue weighted by Gasteiger charge is -2.33. The summed E-state index contributed by atoms with van der Waals surface area (Å²) in [7, 11) is 0. The van der Waals surface area contributed by atoms with Gasteiger partial charge in [-0.05, 0) is 12.8 Å². The average Bonchev–Trinajstić information content (AvgIpc) is 2.74. The van der Waals surface area contributed by atoms with Crippen LogP contribution in [0.15, 0.2) is 24.8 Å². The minimum Gasteiger partial charge on any atom is -0.455 e. The van der Waals surface area contributed by atoms with E-state index in [0.29, 0.717) is 12.8 Å². The summed E-state index contributed by atoms with van der Waals surface area (Å²) in [6, 6.07) is 0. The lowest BCUT2D eigenvalue weighted by Crippen LogP contribution is -2.47. The number of carbonyl (C=O) groups excluding carboxylic acids is 1. The smallest absolute Gasteiger partial charge is 0.336 e. The number of hydrogen-bond donors (Lipinski definition) is 2. The van der Waals surface area contributed by atoms with Gasteiger partial charge in [-0.1, -0.05) is 19.6 Å². The molecule has 0 bridgehead atoms. The fourth-order valence-electron chi connectivity index (χ4n) is 2.88. The van der Waals surface area contributed by atoms with E-state index in [-0.39, 0.29) is 11.5 Å². The Bertz CT molecular complexity index is 376. The van der Waals surface area contributed by atoms with E-state index in [1.165, 1.54) is 0 Å². The molecule has 2 rings (SSSR count). The van der Waals surface area contributed by atoms with Gasteiger partial charge < -0.3 is 14.9 Å². The van der Waals surface area contributed by atoms with Crippen molar-refractivity contribution in [3.8, 4) is 0 Å². The molecular formula is C13H18O4. The van der Waals surface area contributed by atoms with Gasteiger partial charge in [0, 0.05) is 11.8 Å². The summed E-state index contributed by atoms with van der Waals surface area (Å²) in [4.78, 5) is 11.4. The van der Waals surface area contributed by atoms with E-state index in [1.54, 1.807) is 6.08 Å². The fraction of sp³-hybridized carbons (Fsp3) is 0.615. The van der Waals surface area contributed by atoms with Gasteiger partial charge in [0.1, 0.15) is 11.7 Å². The monoisotopic (exact) mass is 238 g/mol. The van der Waals surface area contributed by atoms with E-state index in [4.69, 9.17) is 4.74 Å². The van der Waals surface area contributed by atoms with Crippen LogP contribution in [0, 0.1) is 11.8 Å². The second kappa shape index (κ2) is 3.96. The number of aliphatic hydroxyl groups is 2. The summed E-state index contributed by atoms with van der Waals surface area (Å²) in [6.45, 7) is 9.07. The molecule has 0 amide bonds. The van der Waals surface area contributed by atoms with Crippen LogP contribution in [0.3, 0.4) is 0 Å².